The van der Waals surface area contributed by atoms with Crippen LogP contribution in [0.2, 0.25) is 0 Å². The molecule has 1 saturated carbocycles. The molecule has 5 rings (SSSR count). The van der Waals surface area contributed by atoms with E-state index in [-0.39, 0.29) is 17.7 Å². The number of nitrogens with one attached hydrogen (secondary N) is 1. The van der Waals surface area contributed by atoms with Crippen molar-refractivity contribution in [3.05, 3.63) is 47.2 Å². The molecule has 162 valence electrons. The lowest BCUT2D eigenvalue weighted by atomic mass is 9.91. The summed E-state index contributed by atoms with van der Waals surface area (Å²) in [5, 5.41) is 24.0. The first-order valence-corrected chi connectivity index (χ1v) is 10.9. The Morgan fingerprint density at radius 2 is 2.22 bits per heavy atom. The Morgan fingerprint density at radius 3 is 3.00 bits per heavy atom. The molecule has 0 bridgehead atoms. The normalized spacial score (nSPS) is 23.6. The Labute approximate surface area is 186 Å². The lowest BCUT2D eigenvalue weighted by Crippen LogP contribution is -2.16. The van der Waals surface area contributed by atoms with Crippen LogP contribution in [0.3, 0.4) is 0 Å². The molecule has 32 heavy (non-hydrogen) atoms. The first-order chi connectivity index (χ1) is 15.3. The molecule has 7 heteroatoms. The van der Waals surface area contributed by atoms with Gasteiger partial charge in [-0.05, 0) is 73.2 Å². The van der Waals surface area contributed by atoms with Gasteiger partial charge in [-0.1, -0.05) is 12.1 Å². The molecule has 1 amide bonds. The molecule has 0 aliphatic heterocycles. The highest BCUT2D eigenvalue weighted by Crippen LogP contribution is 2.43. The van der Waals surface area contributed by atoms with Crippen LogP contribution in [-0.4, -0.2) is 21.0 Å². The number of aromatic nitrogens is 2. The highest BCUT2D eigenvalue weighted by atomic mass is 16.3. The van der Waals surface area contributed by atoms with Gasteiger partial charge in [0, 0.05) is 29.5 Å². The van der Waals surface area contributed by atoms with E-state index < -0.39 is 5.60 Å². The second-order valence-electron chi connectivity index (χ2n) is 9.19. The molecular formula is C25H25N5O2. The number of aryl methyl sites for hydroxylation is 1. The van der Waals surface area contributed by atoms with Crippen LogP contribution >= 0.6 is 0 Å². The predicted molar refractivity (Wildman–Crippen MR) is 122 cm³/mol. The van der Waals surface area contributed by atoms with E-state index in [0.717, 1.165) is 51.6 Å². The van der Waals surface area contributed by atoms with Crippen LogP contribution in [0.5, 0.6) is 0 Å². The van der Waals surface area contributed by atoms with Crippen molar-refractivity contribution in [2.45, 2.75) is 45.1 Å². The number of pyridine rings is 2. The number of anilines is 2. The fourth-order valence-electron chi connectivity index (χ4n) is 4.89. The van der Waals surface area contributed by atoms with Crippen LogP contribution in [0.15, 0.2) is 30.5 Å². The van der Waals surface area contributed by atoms with Gasteiger partial charge in [-0.3, -0.25) is 4.79 Å². The molecule has 4 N–H and O–H groups in total. The molecule has 0 unspecified atom stereocenters. The minimum Gasteiger partial charge on any atom is -0.385 e. The van der Waals surface area contributed by atoms with Crippen LogP contribution < -0.4 is 11.1 Å². The van der Waals surface area contributed by atoms with Gasteiger partial charge in [0.05, 0.1) is 17.4 Å². The average Bonchev–Trinajstić information content (AvgIpc) is 3.44. The number of benzene rings is 1. The van der Waals surface area contributed by atoms with Crippen molar-refractivity contribution in [1.82, 2.24) is 9.97 Å². The summed E-state index contributed by atoms with van der Waals surface area (Å²) in [6, 6.07) is 9.92. The molecular weight excluding hydrogens is 402 g/mol. The zero-order valence-electron chi connectivity index (χ0n) is 18.1. The summed E-state index contributed by atoms with van der Waals surface area (Å²) >= 11 is 0. The minimum atomic E-state index is -0.840. The summed E-state index contributed by atoms with van der Waals surface area (Å²) in [6.45, 7) is 3.89. The predicted octanol–water partition coefficient (Wildman–Crippen LogP) is 3.83. The van der Waals surface area contributed by atoms with Gasteiger partial charge in [0.2, 0.25) is 5.91 Å². The minimum absolute atomic E-state index is 0.0988. The van der Waals surface area contributed by atoms with Crippen molar-refractivity contribution < 1.29 is 9.90 Å². The number of amides is 1. The highest BCUT2D eigenvalue weighted by molar-refractivity contribution is 5.98. The molecule has 7 nitrogen and oxygen atoms in total. The van der Waals surface area contributed by atoms with Crippen molar-refractivity contribution in [2.24, 2.45) is 11.8 Å². The van der Waals surface area contributed by atoms with E-state index in [2.05, 4.69) is 21.4 Å². The summed E-state index contributed by atoms with van der Waals surface area (Å²) in [4.78, 5) is 21.5. The van der Waals surface area contributed by atoms with Gasteiger partial charge in [0.15, 0.2) is 0 Å². The summed E-state index contributed by atoms with van der Waals surface area (Å²) < 4.78 is 0. The first kappa shape index (κ1) is 20.4. The van der Waals surface area contributed by atoms with Crippen molar-refractivity contribution in [2.75, 3.05) is 11.1 Å². The van der Waals surface area contributed by atoms with Crippen molar-refractivity contribution in [3.8, 4) is 17.3 Å². The number of hydrogen-bond donors (Lipinski definition) is 3. The van der Waals surface area contributed by atoms with Crippen LogP contribution in [0, 0.1) is 30.1 Å². The second kappa shape index (κ2) is 7.28. The average molecular weight is 428 g/mol. The molecule has 0 saturated heterocycles. The first-order valence-electron chi connectivity index (χ1n) is 10.9. The maximum atomic E-state index is 12.5. The fraction of sp³-hybridized carbons (Fsp3) is 0.360. The van der Waals surface area contributed by atoms with E-state index in [9.17, 15) is 9.90 Å². The standard InChI is InChI=1S/C25H25N5O2/c1-13-3-4-19-16(5-7-25(19,2)32)22(13)20-10-15-11-21(28-12-18(15)23(27)29-20)30-24(31)17-9-14(17)6-8-26/h3-4,10-12,14,17,32H,5-7,9H2,1-2H3,(H2,27,29)(H,28,30,31)/t14-,17-,25+/m0/s1. The summed E-state index contributed by atoms with van der Waals surface area (Å²) in [7, 11) is 0. The van der Waals surface area contributed by atoms with Crippen LogP contribution in [0.4, 0.5) is 11.6 Å². The molecule has 0 spiro atoms. The Kier molecular flexibility index (Phi) is 4.64. The van der Waals surface area contributed by atoms with Gasteiger partial charge in [-0.25, -0.2) is 9.97 Å². The number of nitrogens with two attached hydrogens (primary N) is 1. The van der Waals surface area contributed by atoms with E-state index in [0.29, 0.717) is 24.5 Å². The second-order valence-corrected chi connectivity index (χ2v) is 9.19. The Morgan fingerprint density at radius 1 is 1.41 bits per heavy atom. The van der Waals surface area contributed by atoms with Gasteiger partial charge < -0.3 is 16.2 Å². The smallest absolute Gasteiger partial charge is 0.228 e. The number of hydrogen-bond acceptors (Lipinski definition) is 6. The summed E-state index contributed by atoms with van der Waals surface area (Å²) in [5.74, 6) is 0.763. The van der Waals surface area contributed by atoms with E-state index >= 15 is 0 Å². The van der Waals surface area contributed by atoms with E-state index in [1.165, 1.54) is 0 Å². The fourth-order valence-corrected chi connectivity index (χ4v) is 4.89. The largest absolute Gasteiger partial charge is 0.385 e. The zero-order valence-corrected chi connectivity index (χ0v) is 18.1. The quantitative estimate of drug-likeness (QED) is 0.581. The third-order valence-electron chi connectivity index (χ3n) is 6.83. The molecule has 1 fully saturated rings. The molecule has 1 aromatic carbocycles. The molecule has 2 aliphatic rings. The van der Waals surface area contributed by atoms with Gasteiger partial charge in [-0.15, -0.1) is 0 Å². The maximum absolute atomic E-state index is 12.5. The van der Waals surface area contributed by atoms with Crippen molar-refractivity contribution in [3.63, 3.8) is 0 Å². The maximum Gasteiger partial charge on any atom is 0.228 e. The van der Waals surface area contributed by atoms with E-state index in [1.807, 2.05) is 38.1 Å². The number of aliphatic hydroxyl groups is 1. The number of carbonyl (C=O) groups is 1. The molecule has 3 atom stereocenters. The van der Waals surface area contributed by atoms with Crippen molar-refractivity contribution in [1.29, 1.82) is 5.26 Å². The number of rotatable bonds is 4. The lowest BCUT2D eigenvalue weighted by molar-refractivity contribution is -0.117. The topological polar surface area (TPSA) is 125 Å². The molecule has 3 aromatic rings. The number of nitrogen functional groups attached to an aromatic ring is 1. The van der Waals surface area contributed by atoms with Gasteiger partial charge in [-0.2, -0.15) is 5.26 Å². The lowest BCUT2D eigenvalue weighted by Gasteiger charge is -2.19. The third kappa shape index (κ3) is 3.37. The third-order valence-corrected chi connectivity index (χ3v) is 6.83. The van der Waals surface area contributed by atoms with Crippen LogP contribution in [0.1, 0.15) is 42.9 Å². The monoisotopic (exact) mass is 427 g/mol. The number of nitriles is 1. The Balaban J connectivity index is 1.52. The number of carbonyl (C=O) groups excluding carboxylic acids is 1. The molecule has 0 radical (unpaired) electrons. The Bertz CT molecular complexity index is 1310. The van der Waals surface area contributed by atoms with Crippen LogP contribution in [-0.2, 0) is 16.8 Å². The van der Waals surface area contributed by atoms with Crippen LogP contribution in [0.25, 0.3) is 22.0 Å². The zero-order chi connectivity index (χ0) is 22.6. The number of fused-ring (bicyclic) bond motifs is 2. The Hall–Kier alpha value is -3.50. The van der Waals surface area contributed by atoms with Gasteiger partial charge in [0.1, 0.15) is 11.6 Å². The van der Waals surface area contributed by atoms with E-state index in [1.54, 1.807) is 6.20 Å². The van der Waals surface area contributed by atoms with E-state index in [4.69, 9.17) is 11.0 Å². The van der Waals surface area contributed by atoms with Gasteiger partial charge in [0.25, 0.3) is 0 Å². The molecule has 2 aliphatic carbocycles. The summed E-state index contributed by atoms with van der Waals surface area (Å²) in [6.07, 6.45) is 4.24. The highest BCUT2D eigenvalue weighted by Gasteiger charge is 2.42. The number of nitrogens with zero attached hydrogens (tertiary/aromatic N) is 3. The SMILES string of the molecule is Cc1ccc2c(c1-c1cc3cc(NC(=O)[C@H]4C[C@@H]4CC#N)ncc3c(N)n1)CC[C@@]2(C)O. The molecule has 2 aromatic heterocycles. The van der Waals surface area contributed by atoms with Crippen molar-refractivity contribution >= 4 is 28.3 Å². The van der Waals surface area contributed by atoms with Gasteiger partial charge >= 0.3 is 0 Å². The molecule has 2 heterocycles. The summed E-state index contributed by atoms with van der Waals surface area (Å²) in [5.41, 5.74) is 10.3.